The van der Waals surface area contributed by atoms with E-state index in [9.17, 15) is 24.6 Å². The van der Waals surface area contributed by atoms with Crippen LogP contribution in [0.1, 0.15) is 113 Å². The molecule has 9 nitrogen and oxygen atoms in total. The molecule has 2 aliphatic rings. The Morgan fingerprint density at radius 1 is 1.09 bits per heavy atom. The molecule has 0 bridgehead atoms. The van der Waals surface area contributed by atoms with Crippen LogP contribution in [0.5, 0.6) is 11.5 Å². The third-order valence-electron chi connectivity index (χ3n) is 8.53. The number of nitrogens with one attached hydrogen (secondary N) is 1. The largest absolute Gasteiger partial charge is 0.493 e. The lowest BCUT2D eigenvalue weighted by atomic mass is 9.77. The molecule has 1 aliphatic carbocycles. The number of aldehydes is 1. The second-order valence-corrected chi connectivity index (χ2v) is 12.3. The standard InChI is InChI=1S/C34H52N2O7/c1-5-6-7-8-9-10-11-12-13-14-29(39)36(17-15-23(2)3)27-21-26(34(41)35-16-18-37)30-25-19-24(22-38)20-28(42-4)32(25)43-33(30)31(27)40/h19-23,27,30-31,33,37,40H,5-18H2,1-4H3,(H,35,41). The van der Waals surface area contributed by atoms with Crippen LogP contribution in [-0.4, -0.2) is 78.3 Å². The van der Waals surface area contributed by atoms with E-state index in [1.54, 1.807) is 23.1 Å². The predicted octanol–water partition coefficient (Wildman–Crippen LogP) is 4.93. The lowest BCUT2D eigenvalue weighted by Crippen LogP contribution is -2.56. The smallest absolute Gasteiger partial charge is 0.247 e. The Labute approximate surface area is 257 Å². The summed E-state index contributed by atoms with van der Waals surface area (Å²) < 4.78 is 11.8. The van der Waals surface area contributed by atoms with E-state index in [1.165, 1.54) is 45.6 Å². The Kier molecular flexibility index (Phi) is 14.0. The van der Waals surface area contributed by atoms with Gasteiger partial charge < -0.3 is 29.9 Å². The monoisotopic (exact) mass is 600 g/mol. The first-order valence-electron chi connectivity index (χ1n) is 16.2. The van der Waals surface area contributed by atoms with Gasteiger partial charge in [-0.25, -0.2) is 0 Å². The quantitative estimate of drug-likeness (QED) is 0.152. The molecule has 0 saturated heterocycles. The zero-order valence-electron chi connectivity index (χ0n) is 26.5. The first kappa shape index (κ1) is 34.6. The summed E-state index contributed by atoms with van der Waals surface area (Å²) in [6.07, 6.45) is 11.9. The molecule has 2 amide bonds. The molecule has 3 N–H and O–H groups in total. The van der Waals surface area contributed by atoms with E-state index in [-0.39, 0.29) is 19.1 Å². The molecule has 4 unspecified atom stereocenters. The molecular weight excluding hydrogens is 548 g/mol. The summed E-state index contributed by atoms with van der Waals surface area (Å²) >= 11 is 0. The summed E-state index contributed by atoms with van der Waals surface area (Å²) in [5, 5.41) is 23.8. The summed E-state index contributed by atoms with van der Waals surface area (Å²) in [6.45, 7) is 6.67. The number of unbranched alkanes of at least 4 members (excludes halogenated alkanes) is 8. The fourth-order valence-corrected chi connectivity index (χ4v) is 6.13. The van der Waals surface area contributed by atoms with Crippen LogP contribution in [0.25, 0.3) is 0 Å². The second-order valence-electron chi connectivity index (χ2n) is 12.3. The number of nitrogens with zero attached hydrogens (tertiary/aromatic N) is 1. The number of rotatable bonds is 19. The minimum atomic E-state index is -1.12. The van der Waals surface area contributed by atoms with Crippen molar-refractivity contribution in [1.82, 2.24) is 10.2 Å². The second kappa shape index (κ2) is 17.4. The fourth-order valence-electron chi connectivity index (χ4n) is 6.13. The molecule has 240 valence electrons. The summed E-state index contributed by atoms with van der Waals surface area (Å²) in [6, 6.07) is 2.44. The van der Waals surface area contributed by atoms with Crippen molar-refractivity contribution in [2.75, 3.05) is 26.8 Å². The molecule has 0 aromatic heterocycles. The Balaban J connectivity index is 1.85. The number of hydrogen-bond acceptors (Lipinski definition) is 7. The van der Waals surface area contributed by atoms with Gasteiger partial charge >= 0.3 is 0 Å². The van der Waals surface area contributed by atoms with Crippen LogP contribution in [0.2, 0.25) is 0 Å². The first-order chi connectivity index (χ1) is 20.8. The van der Waals surface area contributed by atoms with Crippen molar-refractivity contribution in [2.24, 2.45) is 5.92 Å². The normalized spacial score (nSPS) is 20.6. The Morgan fingerprint density at radius 2 is 1.77 bits per heavy atom. The number of hydrogen-bond donors (Lipinski definition) is 3. The van der Waals surface area contributed by atoms with Gasteiger partial charge in [-0.1, -0.05) is 72.1 Å². The molecule has 1 aromatic carbocycles. The topological polar surface area (TPSA) is 125 Å². The van der Waals surface area contributed by atoms with Crippen LogP contribution >= 0.6 is 0 Å². The summed E-state index contributed by atoms with van der Waals surface area (Å²) in [5.74, 6) is -0.0832. The van der Waals surface area contributed by atoms with Gasteiger partial charge in [-0.15, -0.1) is 0 Å². The predicted molar refractivity (Wildman–Crippen MR) is 167 cm³/mol. The van der Waals surface area contributed by atoms with Gasteiger partial charge in [-0.3, -0.25) is 14.4 Å². The summed E-state index contributed by atoms with van der Waals surface area (Å²) in [4.78, 5) is 40.6. The van der Waals surface area contributed by atoms with Gasteiger partial charge in [0.1, 0.15) is 18.5 Å². The van der Waals surface area contributed by atoms with Crippen molar-refractivity contribution in [1.29, 1.82) is 0 Å². The SMILES string of the molecule is CCCCCCCCCCCC(=O)N(CCC(C)C)C1C=C(C(=O)NCCO)C2c3cc(C=O)cc(OC)c3OC2C1O. The maximum absolute atomic E-state index is 13.7. The maximum atomic E-state index is 13.7. The van der Waals surface area contributed by atoms with Gasteiger partial charge in [0.25, 0.3) is 0 Å². The fraction of sp³-hybridized carbons (Fsp3) is 0.676. The molecule has 0 radical (unpaired) electrons. The van der Waals surface area contributed by atoms with Gasteiger partial charge in [0, 0.05) is 36.2 Å². The van der Waals surface area contributed by atoms with Crippen LogP contribution in [0.4, 0.5) is 0 Å². The average molecular weight is 601 g/mol. The van der Waals surface area contributed by atoms with Crippen LogP contribution in [0, 0.1) is 5.92 Å². The number of fused-ring (bicyclic) bond motifs is 3. The zero-order chi connectivity index (χ0) is 31.4. The highest BCUT2D eigenvalue weighted by Crippen LogP contribution is 2.51. The lowest BCUT2D eigenvalue weighted by Gasteiger charge is -2.41. The number of carbonyl (C=O) groups excluding carboxylic acids is 3. The molecule has 1 aliphatic heterocycles. The van der Waals surface area contributed by atoms with Crippen molar-refractivity contribution in [3.63, 3.8) is 0 Å². The number of amides is 2. The van der Waals surface area contributed by atoms with Crippen LogP contribution in [0.3, 0.4) is 0 Å². The molecule has 1 heterocycles. The number of carbonyl (C=O) groups is 3. The molecule has 1 aromatic rings. The highest BCUT2D eigenvalue weighted by molar-refractivity contribution is 5.96. The van der Waals surface area contributed by atoms with Gasteiger partial charge in [-0.2, -0.15) is 0 Å². The van der Waals surface area contributed by atoms with Gasteiger partial charge in [0.2, 0.25) is 11.8 Å². The maximum Gasteiger partial charge on any atom is 0.247 e. The van der Waals surface area contributed by atoms with Crippen molar-refractivity contribution < 1.29 is 34.1 Å². The Bertz CT molecular complexity index is 1100. The number of ether oxygens (including phenoxy) is 2. The van der Waals surface area contributed by atoms with Crippen LogP contribution in [-0.2, 0) is 9.59 Å². The minimum absolute atomic E-state index is 0.0474. The van der Waals surface area contributed by atoms with E-state index in [0.717, 1.165) is 25.7 Å². The number of benzene rings is 1. The van der Waals surface area contributed by atoms with E-state index in [2.05, 4.69) is 26.1 Å². The number of aliphatic hydroxyl groups excluding tert-OH is 2. The van der Waals surface area contributed by atoms with E-state index in [1.807, 2.05) is 0 Å². The average Bonchev–Trinajstić information content (AvgIpc) is 3.39. The van der Waals surface area contributed by atoms with Crippen molar-refractivity contribution >= 4 is 18.1 Å². The van der Waals surface area contributed by atoms with Crippen molar-refractivity contribution in [3.8, 4) is 11.5 Å². The third-order valence-corrected chi connectivity index (χ3v) is 8.53. The molecule has 9 heteroatoms. The van der Waals surface area contributed by atoms with Crippen LogP contribution < -0.4 is 14.8 Å². The van der Waals surface area contributed by atoms with Crippen molar-refractivity contribution in [2.45, 2.75) is 116 Å². The van der Waals surface area contributed by atoms with Gasteiger partial charge in [0.05, 0.1) is 25.7 Å². The van der Waals surface area contributed by atoms with Gasteiger partial charge in [0.15, 0.2) is 11.5 Å². The number of aliphatic hydroxyl groups is 2. The third kappa shape index (κ3) is 9.05. The summed E-state index contributed by atoms with van der Waals surface area (Å²) in [7, 11) is 1.47. The van der Waals surface area contributed by atoms with E-state index >= 15 is 0 Å². The highest BCUT2D eigenvalue weighted by Gasteiger charge is 2.51. The van der Waals surface area contributed by atoms with Crippen LogP contribution in [0.15, 0.2) is 23.8 Å². The molecule has 3 rings (SSSR count). The Hall–Kier alpha value is -2.91. The molecule has 4 atom stereocenters. The van der Waals surface area contributed by atoms with E-state index in [4.69, 9.17) is 9.47 Å². The first-order valence-corrected chi connectivity index (χ1v) is 16.2. The molecular formula is C34H52N2O7. The zero-order valence-corrected chi connectivity index (χ0v) is 26.5. The lowest BCUT2D eigenvalue weighted by molar-refractivity contribution is -0.137. The molecule has 0 saturated carbocycles. The van der Waals surface area contributed by atoms with E-state index < -0.39 is 30.1 Å². The summed E-state index contributed by atoms with van der Waals surface area (Å²) in [5.41, 5.74) is 1.27. The van der Waals surface area contributed by atoms with E-state index in [0.29, 0.717) is 53.4 Å². The highest BCUT2D eigenvalue weighted by atomic mass is 16.5. The minimum Gasteiger partial charge on any atom is -0.493 e. The van der Waals surface area contributed by atoms with Gasteiger partial charge in [-0.05, 0) is 37.0 Å². The van der Waals surface area contributed by atoms with Crippen molar-refractivity contribution in [3.05, 3.63) is 34.9 Å². The number of methoxy groups -OCH3 is 1. The molecule has 0 fully saturated rings. The Morgan fingerprint density at radius 3 is 2.37 bits per heavy atom. The molecule has 0 spiro atoms. The molecule has 43 heavy (non-hydrogen) atoms.